The molecule has 2 saturated heterocycles. The third-order valence-electron chi connectivity index (χ3n) is 6.93. The fraction of sp³-hybridized carbons (Fsp3) is 0.440. The molecule has 3 heterocycles. The van der Waals surface area contributed by atoms with Crippen LogP contribution in [0.4, 0.5) is 10.1 Å². The lowest BCUT2D eigenvalue weighted by Crippen LogP contribution is -2.47. The normalized spacial score (nSPS) is 23.3. The van der Waals surface area contributed by atoms with E-state index in [0.717, 1.165) is 63.2 Å². The summed E-state index contributed by atoms with van der Waals surface area (Å²) in [6, 6.07) is 14.1. The number of ether oxygens (including phenoxy) is 1. The zero-order valence-corrected chi connectivity index (χ0v) is 18.1. The molecule has 6 nitrogen and oxygen atoms in total. The molecule has 0 N–H and O–H groups in total. The highest BCUT2D eigenvalue weighted by atomic mass is 19.1. The Morgan fingerprint density at radius 2 is 1.84 bits per heavy atom. The standard InChI is InChI=1S/C25H28FN3O3/c26-20-8-6-19(7-9-20)14-27-12-3-10-25(17-27)11-13-28(18-25)23(30)15-29-16-24(31)32-22-5-2-1-4-21(22)29/h1-2,4-9H,3,10-18H2/t25-/m1/s1. The fourth-order valence-corrected chi connectivity index (χ4v) is 5.38. The molecule has 3 aliphatic rings. The second-order valence-corrected chi connectivity index (χ2v) is 9.30. The van der Waals surface area contributed by atoms with Crippen LogP contribution in [0.1, 0.15) is 24.8 Å². The molecule has 0 bridgehead atoms. The molecule has 0 saturated carbocycles. The number of hydrogen-bond acceptors (Lipinski definition) is 5. The molecule has 1 atom stereocenters. The Bertz CT molecular complexity index is 1010. The van der Waals surface area contributed by atoms with Gasteiger partial charge in [-0.3, -0.25) is 9.69 Å². The molecule has 2 aromatic rings. The van der Waals surface area contributed by atoms with E-state index in [9.17, 15) is 14.0 Å². The van der Waals surface area contributed by atoms with Crippen molar-refractivity contribution in [1.29, 1.82) is 0 Å². The molecule has 0 radical (unpaired) electrons. The number of carbonyl (C=O) groups excluding carboxylic acids is 2. The Morgan fingerprint density at radius 3 is 2.69 bits per heavy atom. The number of anilines is 1. The number of benzene rings is 2. The summed E-state index contributed by atoms with van der Waals surface area (Å²) in [7, 11) is 0. The van der Waals surface area contributed by atoms with Gasteiger partial charge in [0.1, 0.15) is 12.4 Å². The number of piperidine rings is 1. The van der Waals surface area contributed by atoms with Gasteiger partial charge in [0.2, 0.25) is 5.91 Å². The summed E-state index contributed by atoms with van der Waals surface area (Å²) in [5.74, 6) is 0.0247. The molecule has 3 aliphatic heterocycles. The van der Waals surface area contributed by atoms with Gasteiger partial charge in [0.05, 0.1) is 12.2 Å². The minimum Gasteiger partial charge on any atom is -0.423 e. The van der Waals surface area contributed by atoms with Gasteiger partial charge in [-0.2, -0.15) is 0 Å². The van der Waals surface area contributed by atoms with Crippen LogP contribution in [0, 0.1) is 11.2 Å². The lowest BCUT2D eigenvalue weighted by molar-refractivity contribution is -0.133. The van der Waals surface area contributed by atoms with Crippen molar-refractivity contribution in [3.63, 3.8) is 0 Å². The van der Waals surface area contributed by atoms with Crippen LogP contribution in [0.15, 0.2) is 48.5 Å². The number of hydrogen-bond donors (Lipinski definition) is 0. The van der Waals surface area contributed by atoms with Crippen LogP contribution in [-0.4, -0.2) is 60.9 Å². The molecule has 2 fully saturated rings. The van der Waals surface area contributed by atoms with Crippen molar-refractivity contribution >= 4 is 17.6 Å². The third kappa shape index (κ3) is 4.35. The quantitative estimate of drug-likeness (QED) is 0.544. The van der Waals surface area contributed by atoms with E-state index in [1.54, 1.807) is 6.07 Å². The van der Waals surface area contributed by atoms with E-state index in [4.69, 9.17) is 4.74 Å². The minimum atomic E-state index is -0.335. The SMILES string of the molecule is O=C1CN(CC(=O)N2CC[C@@]3(CCCN(Cc4ccc(F)cc4)C3)C2)c2ccccc2O1. The number of halogens is 1. The summed E-state index contributed by atoms with van der Waals surface area (Å²) in [6.07, 6.45) is 3.22. The van der Waals surface area contributed by atoms with E-state index in [1.807, 2.05) is 40.1 Å². The summed E-state index contributed by atoms with van der Waals surface area (Å²) in [5.41, 5.74) is 2.02. The lowest BCUT2D eigenvalue weighted by Gasteiger charge is -2.40. The monoisotopic (exact) mass is 437 g/mol. The molecule has 168 valence electrons. The van der Waals surface area contributed by atoms with Gasteiger partial charge in [-0.1, -0.05) is 24.3 Å². The fourth-order valence-electron chi connectivity index (χ4n) is 5.38. The predicted octanol–water partition coefficient (Wildman–Crippen LogP) is 3.07. The molecular formula is C25H28FN3O3. The molecule has 7 heteroatoms. The van der Waals surface area contributed by atoms with Gasteiger partial charge in [-0.15, -0.1) is 0 Å². The molecule has 2 aromatic carbocycles. The highest BCUT2D eigenvalue weighted by Crippen LogP contribution is 2.40. The molecule has 1 spiro atoms. The molecule has 5 rings (SSSR count). The van der Waals surface area contributed by atoms with Crippen molar-refractivity contribution < 1.29 is 18.7 Å². The maximum Gasteiger partial charge on any atom is 0.331 e. The third-order valence-corrected chi connectivity index (χ3v) is 6.93. The molecule has 1 amide bonds. The van der Waals surface area contributed by atoms with Crippen LogP contribution >= 0.6 is 0 Å². The summed E-state index contributed by atoms with van der Waals surface area (Å²) < 4.78 is 18.5. The van der Waals surface area contributed by atoms with Gasteiger partial charge in [-0.05, 0) is 55.6 Å². The number of para-hydroxylation sites is 2. The van der Waals surface area contributed by atoms with Gasteiger partial charge in [-0.25, -0.2) is 9.18 Å². The Kier molecular flexibility index (Phi) is 5.59. The smallest absolute Gasteiger partial charge is 0.331 e. The number of carbonyl (C=O) groups is 2. The van der Waals surface area contributed by atoms with Crippen molar-refractivity contribution in [1.82, 2.24) is 9.80 Å². The maximum absolute atomic E-state index is 13.2. The first-order valence-corrected chi connectivity index (χ1v) is 11.3. The van der Waals surface area contributed by atoms with E-state index in [1.165, 1.54) is 12.1 Å². The molecule has 0 unspecified atom stereocenters. The summed E-state index contributed by atoms with van der Waals surface area (Å²) in [4.78, 5) is 31.3. The van der Waals surface area contributed by atoms with E-state index in [2.05, 4.69) is 4.90 Å². The number of rotatable bonds is 4. The van der Waals surface area contributed by atoms with Gasteiger partial charge in [0.25, 0.3) is 0 Å². The van der Waals surface area contributed by atoms with Crippen LogP contribution in [-0.2, 0) is 16.1 Å². The number of likely N-dealkylation sites (tertiary alicyclic amines) is 2. The number of esters is 1. The van der Waals surface area contributed by atoms with Gasteiger partial charge >= 0.3 is 5.97 Å². The van der Waals surface area contributed by atoms with Crippen LogP contribution < -0.4 is 9.64 Å². The first-order valence-electron chi connectivity index (χ1n) is 11.3. The summed E-state index contributed by atoms with van der Waals surface area (Å²) >= 11 is 0. The molecule has 0 aromatic heterocycles. The van der Waals surface area contributed by atoms with E-state index >= 15 is 0 Å². The Labute approximate surface area is 187 Å². The average Bonchev–Trinajstić information content (AvgIpc) is 3.18. The number of fused-ring (bicyclic) bond motifs is 1. The average molecular weight is 438 g/mol. The highest BCUT2D eigenvalue weighted by molar-refractivity contribution is 5.89. The van der Waals surface area contributed by atoms with Crippen molar-refractivity contribution in [2.75, 3.05) is 44.2 Å². The summed E-state index contributed by atoms with van der Waals surface area (Å²) in [5, 5.41) is 0. The second-order valence-electron chi connectivity index (χ2n) is 9.30. The second kappa shape index (κ2) is 8.54. The predicted molar refractivity (Wildman–Crippen MR) is 119 cm³/mol. The highest BCUT2D eigenvalue weighted by Gasteiger charge is 2.43. The van der Waals surface area contributed by atoms with Gasteiger partial charge in [0, 0.05) is 31.6 Å². The zero-order valence-electron chi connectivity index (χ0n) is 18.1. The topological polar surface area (TPSA) is 53.1 Å². The van der Waals surface area contributed by atoms with Crippen molar-refractivity contribution in [2.24, 2.45) is 5.41 Å². The first kappa shape index (κ1) is 20.9. The molecular weight excluding hydrogens is 409 g/mol. The van der Waals surface area contributed by atoms with E-state index in [-0.39, 0.29) is 36.2 Å². The van der Waals surface area contributed by atoms with Crippen molar-refractivity contribution in [3.05, 3.63) is 59.9 Å². The Balaban J connectivity index is 1.21. The van der Waals surface area contributed by atoms with E-state index < -0.39 is 0 Å². The Morgan fingerprint density at radius 1 is 1.03 bits per heavy atom. The molecule has 0 aliphatic carbocycles. The van der Waals surface area contributed by atoms with Crippen LogP contribution in [0.5, 0.6) is 5.75 Å². The molecule has 32 heavy (non-hydrogen) atoms. The van der Waals surface area contributed by atoms with Crippen molar-refractivity contribution in [2.45, 2.75) is 25.8 Å². The van der Waals surface area contributed by atoms with Crippen LogP contribution in [0.3, 0.4) is 0 Å². The zero-order chi connectivity index (χ0) is 22.1. The van der Waals surface area contributed by atoms with Gasteiger partial charge in [0.15, 0.2) is 5.75 Å². The minimum absolute atomic E-state index is 0.0574. The van der Waals surface area contributed by atoms with Crippen molar-refractivity contribution in [3.8, 4) is 5.75 Å². The van der Waals surface area contributed by atoms with E-state index in [0.29, 0.717) is 5.75 Å². The largest absolute Gasteiger partial charge is 0.423 e. The van der Waals surface area contributed by atoms with Crippen LogP contribution in [0.25, 0.3) is 0 Å². The lowest BCUT2D eigenvalue weighted by atomic mass is 9.79. The van der Waals surface area contributed by atoms with Gasteiger partial charge < -0.3 is 14.5 Å². The maximum atomic E-state index is 13.2. The number of amides is 1. The van der Waals surface area contributed by atoms with Crippen LogP contribution in [0.2, 0.25) is 0 Å². The number of nitrogens with zero attached hydrogens (tertiary/aromatic N) is 3. The first-order chi connectivity index (χ1) is 15.5. The Hall–Kier alpha value is -2.93. The summed E-state index contributed by atoms with van der Waals surface area (Å²) in [6.45, 7) is 4.57.